The standard InChI is InChI=1S/C18H25NO3/c1-12-6-4-5-7-13(12)14-10-15(14)17(20)19-11-16-18(2,3)22-9-8-21-16/h4-7,14-16H,8-11H2,1-3H3,(H,19,20)/t14-,15+,16?/m0/s1. The van der Waals surface area contributed by atoms with Crippen LogP contribution in [-0.4, -0.2) is 37.4 Å². The van der Waals surface area contributed by atoms with Gasteiger partial charge in [-0.2, -0.15) is 0 Å². The Morgan fingerprint density at radius 3 is 2.82 bits per heavy atom. The molecule has 2 aliphatic rings. The highest BCUT2D eigenvalue weighted by Crippen LogP contribution is 2.48. The maximum Gasteiger partial charge on any atom is 0.223 e. The summed E-state index contributed by atoms with van der Waals surface area (Å²) in [4.78, 5) is 12.3. The molecule has 1 unspecified atom stereocenters. The minimum atomic E-state index is -0.343. The van der Waals surface area contributed by atoms with Crippen LogP contribution >= 0.6 is 0 Å². The van der Waals surface area contributed by atoms with Crippen LogP contribution in [0.2, 0.25) is 0 Å². The van der Waals surface area contributed by atoms with Gasteiger partial charge in [-0.1, -0.05) is 24.3 Å². The lowest BCUT2D eigenvalue weighted by molar-refractivity contribution is -0.184. The van der Waals surface area contributed by atoms with Crippen LogP contribution in [0.25, 0.3) is 0 Å². The van der Waals surface area contributed by atoms with Crippen molar-refractivity contribution in [1.82, 2.24) is 5.32 Å². The highest BCUT2D eigenvalue weighted by molar-refractivity contribution is 5.83. The minimum absolute atomic E-state index is 0.0825. The number of benzene rings is 1. The van der Waals surface area contributed by atoms with Crippen LogP contribution in [0.1, 0.15) is 37.3 Å². The van der Waals surface area contributed by atoms with Crippen molar-refractivity contribution in [3.8, 4) is 0 Å². The molecule has 4 heteroatoms. The van der Waals surface area contributed by atoms with Crippen LogP contribution < -0.4 is 5.32 Å². The molecule has 3 rings (SSSR count). The molecule has 1 aromatic rings. The van der Waals surface area contributed by atoms with E-state index in [9.17, 15) is 4.79 Å². The summed E-state index contributed by atoms with van der Waals surface area (Å²) in [6, 6.07) is 8.33. The summed E-state index contributed by atoms with van der Waals surface area (Å²) >= 11 is 0. The largest absolute Gasteiger partial charge is 0.371 e. The number of amides is 1. The third-order valence-corrected chi connectivity index (χ3v) is 4.83. The van der Waals surface area contributed by atoms with Gasteiger partial charge in [0.15, 0.2) is 0 Å². The topological polar surface area (TPSA) is 47.6 Å². The summed E-state index contributed by atoms with van der Waals surface area (Å²) < 4.78 is 11.5. The van der Waals surface area contributed by atoms with Crippen LogP contribution in [0.3, 0.4) is 0 Å². The fourth-order valence-corrected chi connectivity index (χ4v) is 3.25. The maximum absolute atomic E-state index is 12.3. The summed E-state index contributed by atoms with van der Waals surface area (Å²) in [5.74, 6) is 0.615. The van der Waals surface area contributed by atoms with E-state index in [0.29, 0.717) is 25.7 Å². The molecule has 1 heterocycles. The van der Waals surface area contributed by atoms with Crippen LogP contribution in [0.5, 0.6) is 0 Å². The van der Waals surface area contributed by atoms with Gasteiger partial charge >= 0.3 is 0 Å². The van der Waals surface area contributed by atoms with Crippen LogP contribution in [0.4, 0.5) is 0 Å². The molecule has 0 radical (unpaired) electrons. The molecular weight excluding hydrogens is 278 g/mol. The van der Waals surface area contributed by atoms with E-state index in [1.54, 1.807) is 0 Å². The predicted molar refractivity (Wildman–Crippen MR) is 84.8 cm³/mol. The van der Waals surface area contributed by atoms with Crippen molar-refractivity contribution in [1.29, 1.82) is 0 Å². The van der Waals surface area contributed by atoms with E-state index in [0.717, 1.165) is 6.42 Å². The number of aryl methyl sites for hydroxylation is 1. The van der Waals surface area contributed by atoms with Gasteiger partial charge in [0.1, 0.15) is 6.10 Å². The second-order valence-corrected chi connectivity index (χ2v) is 6.86. The first-order chi connectivity index (χ1) is 10.5. The summed E-state index contributed by atoms with van der Waals surface area (Å²) in [6.07, 6.45) is 0.864. The molecule has 0 spiro atoms. The van der Waals surface area contributed by atoms with E-state index in [4.69, 9.17) is 9.47 Å². The minimum Gasteiger partial charge on any atom is -0.371 e. The Labute approximate surface area is 132 Å². The van der Waals surface area contributed by atoms with Gasteiger partial charge in [-0.15, -0.1) is 0 Å². The molecule has 3 atom stereocenters. The van der Waals surface area contributed by atoms with Gasteiger partial charge in [0.05, 0.1) is 18.8 Å². The molecule has 1 aliphatic carbocycles. The monoisotopic (exact) mass is 303 g/mol. The van der Waals surface area contributed by atoms with Crippen molar-refractivity contribution < 1.29 is 14.3 Å². The molecule has 22 heavy (non-hydrogen) atoms. The van der Waals surface area contributed by atoms with Gasteiger partial charge < -0.3 is 14.8 Å². The van der Waals surface area contributed by atoms with E-state index in [1.807, 2.05) is 26.0 Å². The molecule has 1 aromatic carbocycles. The number of nitrogens with one attached hydrogen (secondary N) is 1. The summed E-state index contributed by atoms with van der Waals surface area (Å²) in [5.41, 5.74) is 2.23. The highest BCUT2D eigenvalue weighted by Gasteiger charge is 2.45. The Hall–Kier alpha value is -1.39. The molecule has 1 saturated heterocycles. The second kappa shape index (κ2) is 6.01. The lowest BCUT2D eigenvalue weighted by Crippen LogP contribution is -2.52. The molecule has 0 aromatic heterocycles. The summed E-state index contributed by atoms with van der Waals surface area (Å²) in [7, 11) is 0. The first kappa shape index (κ1) is 15.5. The Bertz CT molecular complexity index is 555. The van der Waals surface area contributed by atoms with Gasteiger partial charge in [-0.3, -0.25) is 4.79 Å². The Balaban J connectivity index is 1.53. The molecule has 1 aliphatic heterocycles. The van der Waals surface area contributed by atoms with Crippen molar-refractivity contribution in [2.45, 2.75) is 44.8 Å². The average molecular weight is 303 g/mol. The van der Waals surface area contributed by atoms with Gasteiger partial charge in [-0.05, 0) is 44.2 Å². The molecule has 1 saturated carbocycles. The zero-order valence-corrected chi connectivity index (χ0v) is 13.6. The third kappa shape index (κ3) is 3.18. The molecule has 1 N–H and O–H groups in total. The number of carbonyl (C=O) groups is 1. The normalized spacial score (nSPS) is 29.9. The summed E-state index contributed by atoms with van der Waals surface area (Å²) in [6.45, 7) is 7.86. The van der Waals surface area contributed by atoms with Crippen molar-refractivity contribution >= 4 is 5.91 Å². The fraction of sp³-hybridized carbons (Fsp3) is 0.611. The van der Waals surface area contributed by atoms with E-state index >= 15 is 0 Å². The molecule has 4 nitrogen and oxygen atoms in total. The van der Waals surface area contributed by atoms with Crippen LogP contribution in [0, 0.1) is 12.8 Å². The Kier molecular flexibility index (Phi) is 4.24. The van der Waals surface area contributed by atoms with E-state index in [1.165, 1.54) is 11.1 Å². The number of hydrogen-bond donors (Lipinski definition) is 1. The fourth-order valence-electron chi connectivity index (χ4n) is 3.25. The average Bonchev–Trinajstić information content (AvgIpc) is 3.26. The lowest BCUT2D eigenvalue weighted by Gasteiger charge is -2.38. The lowest BCUT2D eigenvalue weighted by atomic mass is 10.00. The zero-order chi connectivity index (χ0) is 15.7. The SMILES string of the molecule is Cc1ccccc1[C@@H]1C[C@H]1C(=O)NCC1OCCOC1(C)C. The Morgan fingerprint density at radius 2 is 2.09 bits per heavy atom. The predicted octanol–water partition coefficient (Wildman–Crippen LogP) is 2.41. The quantitative estimate of drug-likeness (QED) is 0.929. The van der Waals surface area contributed by atoms with Crippen molar-refractivity contribution in [3.05, 3.63) is 35.4 Å². The molecule has 120 valence electrons. The van der Waals surface area contributed by atoms with E-state index < -0.39 is 0 Å². The third-order valence-electron chi connectivity index (χ3n) is 4.83. The van der Waals surface area contributed by atoms with Crippen LogP contribution in [0.15, 0.2) is 24.3 Å². The van der Waals surface area contributed by atoms with Crippen LogP contribution in [-0.2, 0) is 14.3 Å². The molecule has 1 amide bonds. The van der Waals surface area contributed by atoms with Crippen molar-refractivity contribution in [3.63, 3.8) is 0 Å². The number of ether oxygens (including phenoxy) is 2. The number of carbonyl (C=O) groups excluding carboxylic acids is 1. The maximum atomic E-state index is 12.3. The first-order valence-electron chi connectivity index (χ1n) is 8.08. The molecular formula is C18H25NO3. The van der Waals surface area contributed by atoms with Crippen molar-refractivity contribution in [2.75, 3.05) is 19.8 Å². The van der Waals surface area contributed by atoms with Gasteiger partial charge in [0, 0.05) is 12.5 Å². The van der Waals surface area contributed by atoms with E-state index in [-0.39, 0.29) is 23.5 Å². The highest BCUT2D eigenvalue weighted by atomic mass is 16.6. The van der Waals surface area contributed by atoms with Gasteiger partial charge in [-0.25, -0.2) is 0 Å². The zero-order valence-electron chi connectivity index (χ0n) is 13.6. The van der Waals surface area contributed by atoms with E-state index in [2.05, 4.69) is 24.4 Å². The second-order valence-electron chi connectivity index (χ2n) is 6.86. The van der Waals surface area contributed by atoms with Gasteiger partial charge in [0.2, 0.25) is 5.91 Å². The Morgan fingerprint density at radius 1 is 1.32 bits per heavy atom. The summed E-state index contributed by atoms with van der Waals surface area (Å²) in [5, 5.41) is 3.05. The molecule has 2 fully saturated rings. The first-order valence-corrected chi connectivity index (χ1v) is 8.08. The van der Waals surface area contributed by atoms with Crippen molar-refractivity contribution in [2.24, 2.45) is 5.92 Å². The molecule has 0 bridgehead atoms. The number of hydrogen-bond acceptors (Lipinski definition) is 3. The smallest absolute Gasteiger partial charge is 0.223 e. The van der Waals surface area contributed by atoms with Gasteiger partial charge in [0.25, 0.3) is 0 Å². The number of rotatable bonds is 4.